The van der Waals surface area contributed by atoms with Gasteiger partial charge in [0, 0.05) is 12.1 Å². The molecule has 0 radical (unpaired) electrons. The lowest BCUT2D eigenvalue weighted by Crippen LogP contribution is -2.23. The highest BCUT2D eigenvalue weighted by molar-refractivity contribution is 5.61. The monoisotopic (exact) mass is 266 g/mol. The van der Waals surface area contributed by atoms with Gasteiger partial charge in [0.2, 0.25) is 5.83 Å². The first kappa shape index (κ1) is 14.5. The maximum Gasteiger partial charge on any atom is 0.306 e. The summed E-state index contributed by atoms with van der Waals surface area (Å²) in [6, 6.07) is 1.32. The van der Waals surface area contributed by atoms with Crippen molar-refractivity contribution < 1.29 is 26.7 Å². The van der Waals surface area contributed by atoms with Gasteiger partial charge in [0.1, 0.15) is 23.0 Å². The third kappa shape index (κ3) is 3.45. The van der Waals surface area contributed by atoms with Gasteiger partial charge < -0.3 is 4.74 Å². The van der Waals surface area contributed by atoms with Crippen LogP contribution in [0.2, 0.25) is 0 Å². The van der Waals surface area contributed by atoms with Crippen LogP contribution in [0.4, 0.5) is 22.0 Å². The first-order chi connectivity index (χ1) is 8.11. The zero-order chi connectivity index (χ0) is 14.1. The van der Waals surface area contributed by atoms with E-state index in [-0.39, 0.29) is 5.75 Å². The average molecular weight is 266 g/mol. The fraction of sp³-hybridized carbons (Fsp3) is 0.333. The maximum absolute atomic E-state index is 13.4. The Hall–Kier alpha value is -1.59. The number of rotatable bonds is 2. The van der Waals surface area contributed by atoms with Crippen molar-refractivity contribution in [2.45, 2.75) is 26.4 Å². The van der Waals surface area contributed by atoms with Gasteiger partial charge in [-0.1, -0.05) is 0 Å². The summed E-state index contributed by atoms with van der Waals surface area (Å²) >= 11 is 0. The number of hydrogen-bond acceptors (Lipinski definition) is 1. The van der Waals surface area contributed by atoms with Crippen molar-refractivity contribution in [2.24, 2.45) is 0 Å². The van der Waals surface area contributed by atoms with Crippen molar-refractivity contribution in [3.8, 4) is 5.75 Å². The van der Waals surface area contributed by atoms with Gasteiger partial charge in [-0.05, 0) is 20.8 Å². The van der Waals surface area contributed by atoms with Crippen molar-refractivity contribution in [1.29, 1.82) is 0 Å². The Morgan fingerprint density at radius 2 is 1.44 bits per heavy atom. The van der Waals surface area contributed by atoms with Gasteiger partial charge in [-0.3, -0.25) is 0 Å². The number of halogens is 5. The van der Waals surface area contributed by atoms with Crippen LogP contribution in [0.15, 0.2) is 18.2 Å². The van der Waals surface area contributed by atoms with Crippen LogP contribution in [0.25, 0.3) is 5.83 Å². The minimum absolute atomic E-state index is 0.201. The lowest BCUT2D eigenvalue weighted by Gasteiger charge is -2.21. The molecule has 1 aromatic rings. The van der Waals surface area contributed by atoms with Gasteiger partial charge in [-0.15, -0.1) is 0 Å². The molecule has 1 nitrogen and oxygen atoms in total. The predicted molar refractivity (Wildman–Crippen MR) is 57.0 cm³/mol. The molecule has 0 atom stereocenters. The highest BCUT2D eigenvalue weighted by Gasteiger charge is 2.22. The summed E-state index contributed by atoms with van der Waals surface area (Å²) in [5.41, 5.74) is -2.11. The lowest BCUT2D eigenvalue weighted by molar-refractivity contribution is 0.130. The Labute approximate surface area is 101 Å². The van der Waals surface area contributed by atoms with Crippen LogP contribution in [-0.2, 0) is 0 Å². The van der Waals surface area contributed by atoms with Gasteiger partial charge in [-0.2, -0.15) is 8.78 Å². The third-order valence-corrected chi connectivity index (χ3v) is 1.83. The molecule has 0 fully saturated rings. The van der Waals surface area contributed by atoms with Crippen LogP contribution in [0.3, 0.4) is 0 Å². The van der Waals surface area contributed by atoms with E-state index in [9.17, 15) is 22.0 Å². The smallest absolute Gasteiger partial charge is 0.306 e. The summed E-state index contributed by atoms with van der Waals surface area (Å²) in [4.78, 5) is 0. The second-order valence-corrected chi connectivity index (χ2v) is 4.55. The lowest BCUT2D eigenvalue weighted by atomic mass is 10.1. The van der Waals surface area contributed by atoms with Gasteiger partial charge in [0.15, 0.2) is 0 Å². The highest BCUT2D eigenvalue weighted by atomic mass is 19.3. The number of benzene rings is 1. The molecule has 100 valence electrons. The Kier molecular flexibility index (Phi) is 3.98. The molecule has 0 aliphatic heterocycles. The Morgan fingerprint density at radius 1 is 1.00 bits per heavy atom. The van der Waals surface area contributed by atoms with E-state index in [0.717, 1.165) is 0 Å². The van der Waals surface area contributed by atoms with E-state index >= 15 is 0 Å². The molecule has 0 aliphatic rings. The largest absolute Gasteiger partial charge is 0.488 e. The van der Waals surface area contributed by atoms with E-state index in [1.165, 1.54) is 0 Å². The molecule has 18 heavy (non-hydrogen) atoms. The molecule has 0 aliphatic carbocycles. The minimum atomic E-state index is -2.78. The van der Waals surface area contributed by atoms with Gasteiger partial charge in [0.25, 0.3) is 0 Å². The molecule has 0 spiro atoms. The van der Waals surface area contributed by atoms with Crippen LogP contribution >= 0.6 is 0 Å². The van der Waals surface area contributed by atoms with Gasteiger partial charge in [0.05, 0.1) is 5.56 Å². The number of hydrogen-bond donors (Lipinski definition) is 0. The zero-order valence-electron chi connectivity index (χ0n) is 9.95. The topological polar surface area (TPSA) is 9.23 Å². The van der Waals surface area contributed by atoms with Crippen molar-refractivity contribution >= 4 is 5.83 Å². The van der Waals surface area contributed by atoms with Crippen LogP contribution in [0.1, 0.15) is 26.3 Å². The molecule has 0 saturated carbocycles. The summed E-state index contributed by atoms with van der Waals surface area (Å²) < 4.78 is 68.7. The van der Waals surface area contributed by atoms with Crippen molar-refractivity contribution in [3.63, 3.8) is 0 Å². The molecule has 0 aromatic heterocycles. The Balaban J connectivity index is 3.26. The molecule has 0 saturated heterocycles. The van der Waals surface area contributed by atoms with Crippen molar-refractivity contribution in [1.82, 2.24) is 0 Å². The standard InChI is InChI=1S/C12H11F5O/c1-12(2,3)18-6-4-7(13)9(8(14)5-6)10(15)11(16)17/h4-5H,1-3H3. The first-order valence-electron chi connectivity index (χ1n) is 5.01. The van der Waals surface area contributed by atoms with E-state index in [4.69, 9.17) is 4.74 Å². The molecule has 0 heterocycles. The van der Waals surface area contributed by atoms with E-state index < -0.39 is 34.7 Å². The summed E-state index contributed by atoms with van der Waals surface area (Å²) in [5, 5.41) is 0. The minimum Gasteiger partial charge on any atom is -0.488 e. The van der Waals surface area contributed by atoms with Crippen molar-refractivity contribution in [3.05, 3.63) is 35.4 Å². The van der Waals surface area contributed by atoms with E-state index in [1.54, 1.807) is 20.8 Å². The zero-order valence-corrected chi connectivity index (χ0v) is 9.95. The molecule has 0 N–H and O–H groups in total. The fourth-order valence-electron chi connectivity index (χ4n) is 1.27. The Morgan fingerprint density at radius 3 is 1.78 bits per heavy atom. The van der Waals surface area contributed by atoms with Gasteiger partial charge >= 0.3 is 6.08 Å². The van der Waals surface area contributed by atoms with E-state index in [0.29, 0.717) is 12.1 Å². The highest BCUT2D eigenvalue weighted by Crippen LogP contribution is 2.31. The van der Waals surface area contributed by atoms with Crippen LogP contribution in [-0.4, -0.2) is 5.60 Å². The van der Waals surface area contributed by atoms with Crippen LogP contribution in [0, 0.1) is 11.6 Å². The SMILES string of the molecule is CC(C)(C)Oc1cc(F)c(C(F)=C(F)F)c(F)c1. The summed E-state index contributed by atoms with van der Waals surface area (Å²) in [7, 11) is 0. The van der Waals surface area contributed by atoms with Crippen molar-refractivity contribution in [2.75, 3.05) is 0 Å². The van der Waals surface area contributed by atoms with Crippen LogP contribution < -0.4 is 4.74 Å². The molecule has 0 amide bonds. The summed E-state index contributed by atoms with van der Waals surface area (Å²) in [6.07, 6.45) is -2.78. The second-order valence-electron chi connectivity index (χ2n) is 4.55. The molecular weight excluding hydrogens is 255 g/mol. The maximum atomic E-state index is 13.4. The van der Waals surface area contributed by atoms with E-state index in [2.05, 4.69) is 0 Å². The fourth-order valence-corrected chi connectivity index (χ4v) is 1.27. The second kappa shape index (κ2) is 4.96. The predicted octanol–water partition coefficient (Wildman–Crippen LogP) is 4.68. The molecule has 6 heteroatoms. The first-order valence-corrected chi connectivity index (χ1v) is 5.01. The van der Waals surface area contributed by atoms with Gasteiger partial charge in [-0.25, -0.2) is 13.2 Å². The average Bonchev–Trinajstić information content (AvgIpc) is 2.12. The molecular formula is C12H11F5O. The molecule has 0 bridgehead atoms. The third-order valence-electron chi connectivity index (χ3n) is 1.83. The van der Waals surface area contributed by atoms with Crippen LogP contribution in [0.5, 0.6) is 5.75 Å². The number of ether oxygens (including phenoxy) is 1. The summed E-state index contributed by atoms with van der Waals surface area (Å²) in [6.45, 7) is 4.91. The molecule has 0 unspecified atom stereocenters. The summed E-state index contributed by atoms with van der Waals surface area (Å²) in [5.74, 6) is -5.31. The quantitative estimate of drug-likeness (QED) is 0.706. The van der Waals surface area contributed by atoms with E-state index in [1.807, 2.05) is 0 Å². The molecule has 1 rings (SSSR count). The Bertz CT molecular complexity index is 461. The normalized spacial score (nSPS) is 11.3. The molecule has 1 aromatic carbocycles.